The molecule has 0 aliphatic carbocycles. The van der Waals surface area contributed by atoms with Gasteiger partial charge in [0.2, 0.25) is 0 Å². The fourth-order valence-electron chi connectivity index (χ4n) is 2.47. The highest BCUT2D eigenvalue weighted by molar-refractivity contribution is 6.31. The molecule has 1 amide bonds. The van der Waals surface area contributed by atoms with Gasteiger partial charge in [0, 0.05) is 27.7 Å². The second kappa shape index (κ2) is 8.75. The summed E-state index contributed by atoms with van der Waals surface area (Å²) in [5.41, 5.74) is 2.38. The van der Waals surface area contributed by atoms with E-state index in [1.165, 1.54) is 0 Å². The van der Waals surface area contributed by atoms with Crippen LogP contribution >= 0.6 is 23.2 Å². The molecule has 0 radical (unpaired) electrons. The molecule has 3 aromatic rings. The topological polar surface area (TPSA) is 38.3 Å². The Hall–Kier alpha value is -2.49. The number of carbonyl (C=O) groups is 1. The molecule has 0 aliphatic heterocycles. The maximum atomic E-state index is 12.3. The van der Waals surface area contributed by atoms with E-state index in [4.69, 9.17) is 27.9 Å². The van der Waals surface area contributed by atoms with Crippen molar-refractivity contribution < 1.29 is 9.53 Å². The van der Waals surface area contributed by atoms with Crippen LogP contribution in [0.2, 0.25) is 10.0 Å². The maximum Gasteiger partial charge on any atom is 0.251 e. The zero-order valence-electron chi connectivity index (χ0n) is 13.9. The molecule has 3 nitrogen and oxygen atoms in total. The summed E-state index contributed by atoms with van der Waals surface area (Å²) in [6.07, 6.45) is 0. The first-order chi connectivity index (χ1) is 12.6. The first-order valence-electron chi connectivity index (χ1n) is 8.11. The molecule has 0 saturated heterocycles. The molecule has 26 heavy (non-hydrogen) atoms. The largest absolute Gasteiger partial charge is 0.489 e. The molecule has 0 saturated carbocycles. The van der Waals surface area contributed by atoms with Crippen LogP contribution in [0.1, 0.15) is 21.5 Å². The van der Waals surface area contributed by atoms with Crippen LogP contribution in [0.5, 0.6) is 5.75 Å². The SMILES string of the molecule is O=C(NCc1cc(Cl)ccc1OCc1ccccc1)c1cccc(Cl)c1. The third kappa shape index (κ3) is 5.01. The van der Waals surface area contributed by atoms with Crippen LogP contribution in [0.15, 0.2) is 72.8 Å². The molecule has 0 unspecified atom stereocenters. The van der Waals surface area contributed by atoms with Crippen molar-refractivity contribution in [3.8, 4) is 5.75 Å². The number of halogens is 2. The van der Waals surface area contributed by atoms with Crippen molar-refractivity contribution in [2.75, 3.05) is 0 Å². The molecule has 0 aliphatic rings. The Kier molecular flexibility index (Phi) is 6.16. The highest BCUT2D eigenvalue weighted by atomic mass is 35.5. The zero-order chi connectivity index (χ0) is 18.4. The number of hydrogen-bond acceptors (Lipinski definition) is 2. The van der Waals surface area contributed by atoms with E-state index in [9.17, 15) is 4.79 Å². The van der Waals surface area contributed by atoms with E-state index < -0.39 is 0 Å². The first-order valence-corrected chi connectivity index (χ1v) is 8.86. The van der Waals surface area contributed by atoms with Gasteiger partial charge in [-0.2, -0.15) is 0 Å². The van der Waals surface area contributed by atoms with E-state index in [1.54, 1.807) is 36.4 Å². The van der Waals surface area contributed by atoms with Gasteiger partial charge >= 0.3 is 0 Å². The van der Waals surface area contributed by atoms with Gasteiger partial charge < -0.3 is 10.1 Å². The van der Waals surface area contributed by atoms with Crippen LogP contribution in [0, 0.1) is 0 Å². The van der Waals surface area contributed by atoms with Crippen LogP contribution in [-0.2, 0) is 13.2 Å². The molecule has 1 N–H and O–H groups in total. The Labute approximate surface area is 162 Å². The lowest BCUT2D eigenvalue weighted by molar-refractivity contribution is 0.0950. The number of benzene rings is 3. The van der Waals surface area contributed by atoms with Gasteiger partial charge in [-0.25, -0.2) is 0 Å². The zero-order valence-corrected chi connectivity index (χ0v) is 15.4. The van der Waals surface area contributed by atoms with Gasteiger partial charge in [0.25, 0.3) is 5.91 Å². The Morgan fingerprint density at radius 3 is 2.42 bits per heavy atom. The van der Waals surface area contributed by atoms with Gasteiger partial charge in [0.1, 0.15) is 12.4 Å². The minimum absolute atomic E-state index is 0.207. The fraction of sp³-hybridized carbons (Fsp3) is 0.0952. The number of rotatable bonds is 6. The summed E-state index contributed by atoms with van der Waals surface area (Å²) in [7, 11) is 0. The van der Waals surface area contributed by atoms with E-state index in [2.05, 4.69) is 5.32 Å². The van der Waals surface area contributed by atoms with Crippen LogP contribution in [0.3, 0.4) is 0 Å². The summed E-state index contributed by atoms with van der Waals surface area (Å²) in [4.78, 5) is 12.3. The van der Waals surface area contributed by atoms with E-state index >= 15 is 0 Å². The fourth-order valence-corrected chi connectivity index (χ4v) is 2.85. The Morgan fingerprint density at radius 2 is 1.65 bits per heavy atom. The van der Waals surface area contributed by atoms with Crippen LogP contribution in [0.25, 0.3) is 0 Å². The molecule has 3 aromatic carbocycles. The van der Waals surface area contributed by atoms with Gasteiger partial charge in [-0.1, -0.05) is 59.6 Å². The van der Waals surface area contributed by atoms with Crippen molar-refractivity contribution in [1.29, 1.82) is 0 Å². The second-order valence-corrected chi connectivity index (χ2v) is 6.59. The van der Waals surface area contributed by atoms with Crippen molar-refractivity contribution in [3.63, 3.8) is 0 Å². The molecule has 3 rings (SSSR count). The van der Waals surface area contributed by atoms with Gasteiger partial charge in [-0.3, -0.25) is 4.79 Å². The van der Waals surface area contributed by atoms with Gasteiger partial charge in [-0.15, -0.1) is 0 Å². The van der Waals surface area contributed by atoms with Crippen LogP contribution in [-0.4, -0.2) is 5.91 Å². The number of carbonyl (C=O) groups excluding carboxylic acids is 1. The smallest absolute Gasteiger partial charge is 0.251 e. The summed E-state index contributed by atoms with van der Waals surface area (Å²) in [6.45, 7) is 0.744. The molecule has 0 heterocycles. The Morgan fingerprint density at radius 1 is 0.885 bits per heavy atom. The summed E-state index contributed by atoms with van der Waals surface area (Å²) in [5, 5.41) is 3.98. The minimum atomic E-state index is -0.207. The molecule has 5 heteroatoms. The maximum absolute atomic E-state index is 12.3. The van der Waals surface area contributed by atoms with E-state index in [0.717, 1.165) is 11.1 Å². The number of amides is 1. The lowest BCUT2D eigenvalue weighted by Crippen LogP contribution is -2.23. The molecule has 0 fully saturated rings. The van der Waals surface area contributed by atoms with Crippen LogP contribution < -0.4 is 10.1 Å². The highest BCUT2D eigenvalue weighted by Gasteiger charge is 2.10. The molecular weight excluding hydrogens is 369 g/mol. The second-order valence-electron chi connectivity index (χ2n) is 5.72. The number of hydrogen-bond donors (Lipinski definition) is 1. The minimum Gasteiger partial charge on any atom is -0.489 e. The van der Waals surface area contributed by atoms with Gasteiger partial charge in [0.05, 0.1) is 0 Å². The first kappa shape index (κ1) is 18.3. The third-order valence-electron chi connectivity index (χ3n) is 3.79. The van der Waals surface area contributed by atoms with Crippen molar-refractivity contribution in [3.05, 3.63) is 99.5 Å². The summed E-state index contributed by atoms with van der Waals surface area (Å²) in [6, 6.07) is 22.1. The summed E-state index contributed by atoms with van der Waals surface area (Å²) >= 11 is 12.0. The predicted octanol–water partition coefficient (Wildman–Crippen LogP) is 5.50. The summed E-state index contributed by atoms with van der Waals surface area (Å²) in [5.74, 6) is 0.478. The van der Waals surface area contributed by atoms with Crippen molar-refractivity contribution in [1.82, 2.24) is 5.32 Å². The molecule has 0 aromatic heterocycles. The Bertz CT molecular complexity index is 898. The van der Waals surface area contributed by atoms with Gasteiger partial charge in [-0.05, 0) is 42.0 Å². The summed E-state index contributed by atoms with van der Waals surface area (Å²) < 4.78 is 5.90. The normalized spacial score (nSPS) is 10.4. The van der Waals surface area contributed by atoms with E-state index in [-0.39, 0.29) is 5.91 Å². The van der Waals surface area contributed by atoms with Gasteiger partial charge in [0.15, 0.2) is 0 Å². The van der Waals surface area contributed by atoms with E-state index in [1.807, 2.05) is 36.4 Å². The average molecular weight is 386 g/mol. The molecule has 0 spiro atoms. The van der Waals surface area contributed by atoms with Crippen LogP contribution in [0.4, 0.5) is 0 Å². The van der Waals surface area contributed by atoms with Crippen molar-refractivity contribution in [2.24, 2.45) is 0 Å². The standard InChI is InChI=1S/C21H17Cl2NO2/c22-18-8-4-7-16(11-18)21(25)24-13-17-12-19(23)9-10-20(17)26-14-15-5-2-1-3-6-15/h1-12H,13-14H2,(H,24,25). The molecule has 0 bridgehead atoms. The molecule has 0 atom stereocenters. The lowest BCUT2D eigenvalue weighted by atomic mass is 10.1. The number of nitrogens with one attached hydrogen (secondary N) is 1. The number of ether oxygens (including phenoxy) is 1. The quantitative estimate of drug-likeness (QED) is 0.607. The monoisotopic (exact) mass is 385 g/mol. The third-order valence-corrected chi connectivity index (χ3v) is 4.26. The molecular formula is C21H17Cl2NO2. The predicted molar refractivity (Wildman–Crippen MR) is 105 cm³/mol. The van der Waals surface area contributed by atoms with Crippen molar-refractivity contribution in [2.45, 2.75) is 13.2 Å². The lowest BCUT2D eigenvalue weighted by Gasteiger charge is -2.13. The highest BCUT2D eigenvalue weighted by Crippen LogP contribution is 2.24. The Balaban J connectivity index is 1.68. The van der Waals surface area contributed by atoms with Crippen molar-refractivity contribution >= 4 is 29.1 Å². The average Bonchev–Trinajstić information content (AvgIpc) is 2.66. The molecule has 132 valence electrons. The van der Waals surface area contributed by atoms with E-state index in [0.29, 0.717) is 34.5 Å².